The Labute approximate surface area is 218 Å². The van der Waals surface area contributed by atoms with Crippen LogP contribution in [-0.4, -0.2) is 4.98 Å². The van der Waals surface area contributed by atoms with Gasteiger partial charge < -0.3 is 0 Å². The monoisotopic (exact) mass is 479 g/mol. The lowest BCUT2D eigenvalue weighted by Crippen LogP contribution is -2.09. The summed E-state index contributed by atoms with van der Waals surface area (Å²) < 4.78 is 0. The van der Waals surface area contributed by atoms with Crippen LogP contribution in [0.25, 0.3) is 10.9 Å². The first kappa shape index (κ1) is 29.9. The molecule has 1 nitrogen and oxygen atoms in total. The van der Waals surface area contributed by atoms with E-state index in [1.165, 1.54) is 133 Å². The average Bonchev–Trinajstić information content (AvgIpc) is 2.86. The second-order valence-electron chi connectivity index (χ2n) is 10.9. The third-order valence-corrected chi connectivity index (χ3v) is 7.82. The molecule has 0 saturated heterocycles. The minimum absolute atomic E-state index is 1.16. The number of pyridine rings is 1. The summed E-state index contributed by atoms with van der Waals surface area (Å²) in [6, 6.07) is 4.84. The van der Waals surface area contributed by atoms with E-state index in [9.17, 15) is 0 Å². The van der Waals surface area contributed by atoms with Gasteiger partial charge in [0.1, 0.15) is 0 Å². The summed E-state index contributed by atoms with van der Waals surface area (Å²) in [7, 11) is 0. The van der Waals surface area contributed by atoms with Crippen molar-refractivity contribution in [2.75, 3.05) is 0 Å². The van der Waals surface area contributed by atoms with E-state index < -0.39 is 0 Å². The van der Waals surface area contributed by atoms with Gasteiger partial charge in [0.2, 0.25) is 0 Å². The van der Waals surface area contributed by atoms with Gasteiger partial charge in [-0.05, 0) is 92.5 Å². The molecule has 1 heteroatoms. The van der Waals surface area contributed by atoms with E-state index in [2.05, 4.69) is 46.8 Å². The summed E-state index contributed by atoms with van der Waals surface area (Å²) in [6.07, 6.45) is 25.8. The highest BCUT2D eigenvalue weighted by molar-refractivity contribution is 5.88. The van der Waals surface area contributed by atoms with Crippen molar-refractivity contribution in [1.29, 1.82) is 0 Å². The number of unbranched alkanes of at least 4 members (excludes halogenated alkanes) is 10. The predicted molar refractivity (Wildman–Crippen MR) is 158 cm³/mol. The smallest absolute Gasteiger partial charge is 0.0711 e. The van der Waals surface area contributed by atoms with Crippen LogP contribution < -0.4 is 0 Å². The van der Waals surface area contributed by atoms with Crippen molar-refractivity contribution in [3.63, 3.8) is 0 Å². The number of aryl methyl sites for hydroxylation is 4. The zero-order valence-corrected chi connectivity index (χ0v) is 24.2. The fraction of sp³-hybridized carbons (Fsp3) is 0.735. The fourth-order valence-electron chi connectivity index (χ4n) is 5.71. The Morgan fingerprint density at radius 2 is 0.914 bits per heavy atom. The van der Waals surface area contributed by atoms with E-state index in [1.807, 2.05) is 0 Å². The molecule has 0 aliphatic carbocycles. The van der Waals surface area contributed by atoms with Gasteiger partial charge in [0.15, 0.2) is 0 Å². The Kier molecular flexibility index (Phi) is 15.3. The molecule has 0 N–H and O–H groups in total. The van der Waals surface area contributed by atoms with E-state index in [1.54, 1.807) is 27.6 Å². The number of benzene rings is 1. The number of rotatable bonds is 20. The van der Waals surface area contributed by atoms with Crippen molar-refractivity contribution < 1.29 is 0 Å². The second kappa shape index (κ2) is 18.0. The lowest BCUT2D eigenvalue weighted by Gasteiger charge is -2.22. The second-order valence-corrected chi connectivity index (χ2v) is 10.9. The highest BCUT2D eigenvalue weighted by Crippen LogP contribution is 2.34. The SMILES string of the molecule is CCCCCc1ccc2nc(CCCCC)c(CCCCC)c(CCCCC)c2c1CCCCC. The highest BCUT2D eigenvalue weighted by Gasteiger charge is 2.19. The molecular weight excluding hydrogens is 422 g/mol. The van der Waals surface area contributed by atoms with Crippen LogP contribution in [-0.2, 0) is 32.1 Å². The molecular formula is C34H57N. The highest BCUT2D eigenvalue weighted by atomic mass is 14.7. The molecule has 0 saturated carbocycles. The van der Waals surface area contributed by atoms with Crippen LogP contribution in [0, 0.1) is 0 Å². The van der Waals surface area contributed by atoms with Crippen LogP contribution in [0.2, 0.25) is 0 Å². The lowest BCUT2D eigenvalue weighted by molar-refractivity contribution is 0.671. The largest absolute Gasteiger partial charge is 0.253 e. The Morgan fingerprint density at radius 1 is 0.457 bits per heavy atom. The molecule has 2 rings (SSSR count). The van der Waals surface area contributed by atoms with Gasteiger partial charge in [0.05, 0.1) is 5.52 Å². The normalized spacial score (nSPS) is 11.6. The standard InChI is InChI=1S/C34H57N/c1-6-11-16-21-28-26-27-33-34(29(28)22-17-12-7-2)31(24-19-14-9-4)30(23-18-13-8-3)32(35-33)25-20-15-10-5/h26-27H,6-25H2,1-5H3. The van der Waals surface area contributed by atoms with Crippen LogP contribution in [0.4, 0.5) is 0 Å². The van der Waals surface area contributed by atoms with Gasteiger partial charge >= 0.3 is 0 Å². The van der Waals surface area contributed by atoms with Gasteiger partial charge in [-0.25, -0.2) is 0 Å². The number of fused-ring (bicyclic) bond motifs is 1. The van der Waals surface area contributed by atoms with Gasteiger partial charge in [-0.3, -0.25) is 4.98 Å². The van der Waals surface area contributed by atoms with E-state index in [0.29, 0.717) is 0 Å². The third-order valence-electron chi connectivity index (χ3n) is 7.82. The van der Waals surface area contributed by atoms with Crippen molar-refractivity contribution >= 4 is 10.9 Å². The molecule has 0 aliphatic rings. The van der Waals surface area contributed by atoms with E-state index >= 15 is 0 Å². The van der Waals surface area contributed by atoms with Crippen molar-refractivity contribution in [2.45, 2.75) is 163 Å². The molecule has 2 aromatic rings. The van der Waals surface area contributed by atoms with Crippen molar-refractivity contribution in [3.8, 4) is 0 Å². The molecule has 0 fully saturated rings. The van der Waals surface area contributed by atoms with Crippen molar-refractivity contribution in [1.82, 2.24) is 4.98 Å². The molecule has 1 aromatic carbocycles. The molecule has 1 aromatic heterocycles. The van der Waals surface area contributed by atoms with Crippen LogP contribution in [0.3, 0.4) is 0 Å². The molecule has 0 bridgehead atoms. The molecule has 0 amide bonds. The maximum Gasteiger partial charge on any atom is 0.0711 e. The maximum atomic E-state index is 5.44. The first-order valence-electron chi connectivity index (χ1n) is 15.7. The summed E-state index contributed by atoms with van der Waals surface area (Å²) in [5.74, 6) is 0. The molecule has 0 atom stereocenters. The van der Waals surface area contributed by atoms with Gasteiger partial charge in [-0.2, -0.15) is 0 Å². The predicted octanol–water partition coefficient (Wildman–Crippen LogP) is 10.9. The zero-order valence-electron chi connectivity index (χ0n) is 24.2. The summed E-state index contributed by atoms with van der Waals surface area (Å²) in [5, 5.41) is 1.58. The quantitative estimate of drug-likeness (QED) is 0.172. The van der Waals surface area contributed by atoms with Crippen molar-refractivity contribution in [2.24, 2.45) is 0 Å². The Hall–Kier alpha value is -1.37. The lowest BCUT2D eigenvalue weighted by atomic mass is 9.85. The molecule has 35 heavy (non-hydrogen) atoms. The Morgan fingerprint density at radius 3 is 1.46 bits per heavy atom. The fourth-order valence-corrected chi connectivity index (χ4v) is 5.71. The van der Waals surface area contributed by atoms with Gasteiger partial charge in [-0.1, -0.05) is 105 Å². The molecule has 0 unspecified atom stereocenters. The minimum Gasteiger partial charge on any atom is -0.253 e. The van der Waals surface area contributed by atoms with Crippen molar-refractivity contribution in [3.05, 3.63) is 40.1 Å². The third kappa shape index (κ3) is 9.55. The molecule has 1 heterocycles. The molecule has 0 spiro atoms. The number of nitrogens with zero attached hydrogens (tertiary/aromatic N) is 1. The first-order valence-corrected chi connectivity index (χ1v) is 15.7. The van der Waals surface area contributed by atoms with Crippen LogP contribution in [0.1, 0.15) is 159 Å². The summed E-state index contributed by atoms with van der Waals surface area (Å²) in [6.45, 7) is 11.6. The Bertz CT molecular complexity index is 834. The summed E-state index contributed by atoms with van der Waals surface area (Å²) >= 11 is 0. The van der Waals surface area contributed by atoms with E-state index in [0.717, 1.165) is 6.42 Å². The average molecular weight is 480 g/mol. The number of hydrogen-bond acceptors (Lipinski definition) is 1. The summed E-state index contributed by atoms with van der Waals surface area (Å²) in [4.78, 5) is 5.44. The van der Waals surface area contributed by atoms with Crippen LogP contribution in [0.15, 0.2) is 12.1 Å². The maximum absolute atomic E-state index is 5.44. The molecule has 198 valence electrons. The first-order chi connectivity index (χ1) is 17.2. The number of aromatic nitrogens is 1. The zero-order chi connectivity index (χ0) is 25.3. The van der Waals surface area contributed by atoms with E-state index in [-0.39, 0.29) is 0 Å². The van der Waals surface area contributed by atoms with Crippen LogP contribution >= 0.6 is 0 Å². The van der Waals surface area contributed by atoms with Crippen LogP contribution in [0.5, 0.6) is 0 Å². The molecule has 0 aliphatic heterocycles. The number of hydrogen-bond donors (Lipinski definition) is 0. The summed E-state index contributed by atoms with van der Waals surface area (Å²) in [5.41, 5.74) is 9.39. The van der Waals surface area contributed by atoms with Gasteiger partial charge in [0.25, 0.3) is 0 Å². The minimum atomic E-state index is 1.16. The Balaban J connectivity index is 2.67. The topological polar surface area (TPSA) is 12.9 Å². The van der Waals surface area contributed by atoms with E-state index in [4.69, 9.17) is 4.98 Å². The van der Waals surface area contributed by atoms with Gasteiger partial charge in [-0.15, -0.1) is 0 Å². The molecule has 0 radical (unpaired) electrons. The van der Waals surface area contributed by atoms with Gasteiger partial charge in [0, 0.05) is 11.1 Å².